The molecule has 0 atom stereocenters. The highest BCUT2D eigenvalue weighted by atomic mass is 32.2. The molecule has 1 N–H and O–H groups in total. The predicted octanol–water partition coefficient (Wildman–Crippen LogP) is 5.41. The zero-order valence-electron chi connectivity index (χ0n) is 19.2. The molecule has 1 saturated carbocycles. The Morgan fingerprint density at radius 3 is 2.59 bits per heavy atom. The SMILES string of the molecule is COc1ccc(-c2nnc(SCC(=O)Nc3cccc([N+](=O)[O-])c3C)n2C2CCCCC2)cc1. The average Bonchev–Trinajstić information content (AvgIpc) is 3.28. The van der Waals surface area contributed by atoms with Crippen LogP contribution in [0.25, 0.3) is 11.4 Å². The summed E-state index contributed by atoms with van der Waals surface area (Å²) >= 11 is 1.33. The molecule has 0 radical (unpaired) electrons. The van der Waals surface area contributed by atoms with Crippen molar-refractivity contribution in [3.63, 3.8) is 0 Å². The van der Waals surface area contributed by atoms with Gasteiger partial charge in [-0.15, -0.1) is 10.2 Å². The number of hydrogen-bond donors (Lipinski definition) is 1. The minimum Gasteiger partial charge on any atom is -0.497 e. The summed E-state index contributed by atoms with van der Waals surface area (Å²) < 4.78 is 7.43. The molecule has 1 aromatic heterocycles. The largest absolute Gasteiger partial charge is 0.497 e. The number of carbonyl (C=O) groups is 1. The van der Waals surface area contributed by atoms with Crippen LogP contribution < -0.4 is 10.1 Å². The van der Waals surface area contributed by atoms with Gasteiger partial charge in [-0.25, -0.2) is 0 Å². The zero-order chi connectivity index (χ0) is 24.1. The summed E-state index contributed by atoms with van der Waals surface area (Å²) in [7, 11) is 1.63. The fourth-order valence-electron chi connectivity index (χ4n) is 4.25. The minimum absolute atomic E-state index is 0.0216. The maximum atomic E-state index is 12.7. The van der Waals surface area contributed by atoms with Gasteiger partial charge in [0.1, 0.15) is 5.75 Å². The summed E-state index contributed by atoms with van der Waals surface area (Å²) in [6.07, 6.45) is 5.63. The molecular formula is C24H27N5O4S. The maximum Gasteiger partial charge on any atom is 0.274 e. The predicted molar refractivity (Wildman–Crippen MR) is 131 cm³/mol. The highest BCUT2D eigenvalue weighted by Gasteiger charge is 2.24. The van der Waals surface area contributed by atoms with Crippen LogP contribution in [0.3, 0.4) is 0 Å². The van der Waals surface area contributed by atoms with E-state index in [9.17, 15) is 14.9 Å². The van der Waals surface area contributed by atoms with E-state index < -0.39 is 4.92 Å². The van der Waals surface area contributed by atoms with E-state index in [4.69, 9.17) is 4.74 Å². The molecule has 0 spiro atoms. The smallest absolute Gasteiger partial charge is 0.274 e. The van der Waals surface area contributed by atoms with Crippen LogP contribution in [0.5, 0.6) is 5.75 Å². The van der Waals surface area contributed by atoms with Gasteiger partial charge in [0.25, 0.3) is 5.69 Å². The van der Waals surface area contributed by atoms with Crippen molar-refractivity contribution in [2.75, 3.05) is 18.2 Å². The number of hydrogen-bond acceptors (Lipinski definition) is 7. The monoisotopic (exact) mass is 481 g/mol. The first-order valence-electron chi connectivity index (χ1n) is 11.2. The quantitative estimate of drug-likeness (QED) is 0.260. The number of nitro groups is 1. The van der Waals surface area contributed by atoms with Crippen LogP contribution in [0, 0.1) is 17.0 Å². The van der Waals surface area contributed by atoms with Crippen LogP contribution in [0.15, 0.2) is 47.6 Å². The Balaban J connectivity index is 1.53. The van der Waals surface area contributed by atoms with Crippen molar-refractivity contribution in [3.8, 4) is 17.1 Å². The number of ether oxygens (including phenoxy) is 1. The van der Waals surface area contributed by atoms with Crippen molar-refractivity contribution in [1.29, 1.82) is 0 Å². The van der Waals surface area contributed by atoms with Crippen LogP contribution >= 0.6 is 11.8 Å². The summed E-state index contributed by atoms with van der Waals surface area (Å²) in [6.45, 7) is 1.63. The first-order valence-corrected chi connectivity index (χ1v) is 12.2. The van der Waals surface area contributed by atoms with Gasteiger partial charge >= 0.3 is 0 Å². The molecule has 3 aromatic rings. The van der Waals surface area contributed by atoms with Crippen LogP contribution in [-0.4, -0.2) is 38.5 Å². The molecule has 4 rings (SSSR count). The van der Waals surface area contributed by atoms with E-state index in [1.807, 2.05) is 24.3 Å². The number of benzene rings is 2. The van der Waals surface area contributed by atoms with Crippen LogP contribution in [0.2, 0.25) is 0 Å². The Bertz CT molecular complexity index is 1170. The van der Waals surface area contributed by atoms with Crippen LogP contribution in [0.4, 0.5) is 11.4 Å². The van der Waals surface area contributed by atoms with Gasteiger partial charge in [0.05, 0.1) is 29.0 Å². The van der Waals surface area contributed by atoms with E-state index >= 15 is 0 Å². The molecule has 1 heterocycles. The van der Waals surface area contributed by atoms with Crippen LogP contribution in [0.1, 0.15) is 43.7 Å². The third-order valence-electron chi connectivity index (χ3n) is 6.06. The Morgan fingerprint density at radius 1 is 1.18 bits per heavy atom. The Labute approximate surface area is 202 Å². The van der Waals surface area contributed by atoms with Crippen molar-refractivity contribution < 1.29 is 14.5 Å². The van der Waals surface area contributed by atoms with Crippen molar-refractivity contribution >= 4 is 29.0 Å². The molecule has 0 aliphatic heterocycles. The van der Waals surface area contributed by atoms with E-state index in [1.165, 1.54) is 24.2 Å². The second-order valence-corrected chi connectivity index (χ2v) is 9.18. The van der Waals surface area contributed by atoms with Crippen molar-refractivity contribution in [2.45, 2.75) is 50.2 Å². The molecule has 178 valence electrons. The normalized spacial score (nSPS) is 14.1. The lowest BCUT2D eigenvalue weighted by Gasteiger charge is -2.25. The van der Waals surface area contributed by atoms with Gasteiger partial charge in [-0.2, -0.15) is 0 Å². The number of carbonyl (C=O) groups excluding carboxylic acids is 1. The highest BCUT2D eigenvalue weighted by Crippen LogP contribution is 2.36. The third-order valence-corrected chi connectivity index (χ3v) is 7.00. The number of thioether (sulfide) groups is 1. The van der Waals surface area contributed by atoms with Gasteiger partial charge in [-0.1, -0.05) is 37.1 Å². The Kier molecular flexibility index (Phi) is 7.46. The van der Waals surface area contributed by atoms with E-state index in [1.54, 1.807) is 26.2 Å². The van der Waals surface area contributed by atoms with Crippen molar-refractivity contribution in [3.05, 3.63) is 58.1 Å². The summed E-state index contributed by atoms with van der Waals surface area (Å²) in [4.78, 5) is 23.4. The van der Waals surface area contributed by atoms with Gasteiger partial charge < -0.3 is 10.1 Å². The lowest BCUT2D eigenvalue weighted by Crippen LogP contribution is -2.18. The summed E-state index contributed by atoms with van der Waals surface area (Å²) in [5.41, 5.74) is 1.79. The van der Waals surface area contributed by atoms with E-state index in [-0.39, 0.29) is 23.4 Å². The molecule has 2 aromatic carbocycles. The van der Waals surface area contributed by atoms with Crippen LogP contribution in [-0.2, 0) is 4.79 Å². The Morgan fingerprint density at radius 2 is 1.91 bits per heavy atom. The first-order chi connectivity index (χ1) is 16.5. The molecule has 1 amide bonds. The number of nitrogens with one attached hydrogen (secondary N) is 1. The molecule has 1 fully saturated rings. The fourth-order valence-corrected chi connectivity index (χ4v) is 5.06. The number of anilines is 1. The summed E-state index contributed by atoms with van der Waals surface area (Å²) in [5, 5.41) is 23.6. The van der Waals surface area contributed by atoms with Crippen molar-refractivity contribution in [2.24, 2.45) is 0 Å². The lowest BCUT2D eigenvalue weighted by atomic mass is 9.95. The van der Waals surface area contributed by atoms with E-state index in [0.717, 1.165) is 42.8 Å². The number of methoxy groups -OCH3 is 1. The fraction of sp³-hybridized carbons (Fsp3) is 0.375. The second kappa shape index (κ2) is 10.7. The molecule has 1 aliphatic rings. The minimum atomic E-state index is -0.451. The summed E-state index contributed by atoms with van der Waals surface area (Å²) in [5.74, 6) is 1.43. The maximum absolute atomic E-state index is 12.7. The Hall–Kier alpha value is -3.40. The molecular weight excluding hydrogens is 454 g/mol. The van der Waals surface area contributed by atoms with Gasteiger partial charge in [0, 0.05) is 17.7 Å². The standard InChI is InChI=1S/C24H27N5O4S/c1-16-20(9-6-10-21(16)29(31)32)25-22(30)15-34-24-27-26-23(17-11-13-19(33-2)14-12-17)28(24)18-7-4-3-5-8-18/h6,9-14,18H,3-5,7-8,15H2,1-2H3,(H,25,30). The van der Waals surface area contributed by atoms with Crippen molar-refractivity contribution in [1.82, 2.24) is 14.8 Å². The third kappa shape index (κ3) is 5.22. The van der Waals surface area contributed by atoms with E-state index in [0.29, 0.717) is 16.4 Å². The molecule has 0 unspecified atom stereocenters. The van der Waals surface area contributed by atoms with Gasteiger partial charge in [0.2, 0.25) is 5.91 Å². The number of amides is 1. The van der Waals surface area contributed by atoms with Gasteiger partial charge in [0.15, 0.2) is 11.0 Å². The lowest BCUT2D eigenvalue weighted by molar-refractivity contribution is -0.385. The molecule has 0 bridgehead atoms. The van der Waals surface area contributed by atoms with Gasteiger partial charge in [-0.3, -0.25) is 19.5 Å². The molecule has 34 heavy (non-hydrogen) atoms. The highest BCUT2D eigenvalue weighted by molar-refractivity contribution is 7.99. The summed E-state index contributed by atoms with van der Waals surface area (Å²) in [6, 6.07) is 12.7. The average molecular weight is 482 g/mol. The number of nitrogens with zero attached hydrogens (tertiary/aromatic N) is 4. The number of aromatic nitrogens is 3. The molecule has 1 aliphatic carbocycles. The second-order valence-electron chi connectivity index (χ2n) is 8.24. The zero-order valence-corrected chi connectivity index (χ0v) is 20.0. The topological polar surface area (TPSA) is 112 Å². The molecule has 9 nitrogen and oxygen atoms in total. The molecule has 10 heteroatoms. The number of nitro benzene ring substituents is 1. The van der Waals surface area contributed by atoms with Gasteiger partial charge in [-0.05, 0) is 50.1 Å². The molecule has 0 saturated heterocycles. The first kappa shape index (κ1) is 23.7. The number of rotatable bonds is 8. The van der Waals surface area contributed by atoms with E-state index in [2.05, 4.69) is 20.1 Å².